The Kier molecular flexibility index (Phi) is 4.36. The fourth-order valence-electron chi connectivity index (χ4n) is 3.56. The van der Waals surface area contributed by atoms with Gasteiger partial charge in [-0.2, -0.15) is 5.10 Å². The summed E-state index contributed by atoms with van der Waals surface area (Å²) in [6, 6.07) is 4.06. The summed E-state index contributed by atoms with van der Waals surface area (Å²) in [5.41, 5.74) is 1.83. The topological polar surface area (TPSA) is 72.5 Å². The van der Waals surface area contributed by atoms with Gasteiger partial charge in [0.15, 0.2) is 0 Å². The number of benzene rings is 1. The van der Waals surface area contributed by atoms with Crippen molar-refractivity contribution in [3.05, 3.63) is 29.5 Å². The first kappa shape index (κ1) is 16.9. The lowest BCUT2D eigenvalue weighted by molar-refractivity contribution is 0.00583. The van der Waals surface area contributed by atoms with Gasteiger partial charge in [0.25, 0.3) is 5.91 Å². The monoisotopic (exact) mass is 330 g/mol. The number of amides is 1. The Morgan fingerprint density at radius 2 is 2.17 bits per heavy atom. The van der Waals surface area contributed by atoms with E-state index in [1.807, 2.05) is 37.8 Å². The Hall–Kier alpha value is -1.92. The van der Waals surface area contributed by atoms with E-state index >= 15 is 0 Å². The summed E-state index contributed by atoms with van der Waals surface area (Å²) in [6.45, 7) is 10.5. The van der Waals surface area contributed by atoms with E-state index in [9.17, 15) is 9.90 Å². The lowest BCUT2D eigenvalue weighted by Crippen LogP contribution is -2.56. The Morgan fingerprint density at radius 3 is 2.83 bits per heavy atom. The summed E-state index contributed by atoms with van der Waals surface area (Å²) in [7, 11) is 0. The first-order valence-corrected chi connectivity index (χ1v) is 8.44. The molecule has 0 radical (unpaired) electrons. The summed E-state index contributed by atoms with van der Waals surface area (Å²) in [6.07, 6.45) is 1.75. The standard InChI is InChI=1S/C18H26N4O2/c1-12-7-14-9-19-20-16(14)15(8-12)17(23)22-6-5-21(10-13(22)2)11-18(3,4)24/h7-9,13,24H,5-6,10-11H2,1-4H3,(H,19,20). The maximum Gasteiger partial charge on any atom is 0.256 e. The molecule has 0 aliphatic carbocycles. The molecule has 2 heterocycles. The molecule has 1 unspecified atom stereocenters. The molecule has 1 aliphatic rings. The van der Waals surface area contributed by atoms with Crippen LogP contribution in [0.1, 0.15) is 36.7 Å². The van der Waals surface area contributed by atoms with Gasteiger partial charge in [0, 0.05) is 37.6 Å². The zero-order valence-corrected chi connectivity index (χ0v) is 14.8. The molecule has 1 saturated heterocycles. The number of nitrogens with zero attached hydrogens (tertiary/aromatic N) is 3. The fraction of sp³-hybridized carbons (Fsp3) is 0.556. The average Bonchev–Trinajstić information content (AvgIpc) is 2.92. The highest BCUT2D eigenvalue weighted by Crippen LogP contribution is 2.22. The van der Waals surface area contributed by atoms with Crippen molar-refractivity contribution in [2.75, 3.05) is 26.2 Å². The highest BCUT2D eigenvalue weighted by molar-refractivity contribution is 6.05. The molecule has 1 aromatic heterocycles. The molecule has 0 saturated carbocycles. The van der Waals surface area contributed by atoms with Crippen LogP contribution in [-0.4, -0.2) is 68.8 Å². The van der Waals surface area contributed by atoms with Crippen molar-refractivity contribution < 1.29 is 9.90 Å². The molecule has 1 atom stereocenters. The van der Waals surface area contributed by atoms with Crippen LogP contribution in [0.4, 0.5) is 0 Å². The zero-order valence-electron chi connectivity index (χ0n) is 14.8. The minimum absolute atomic E-state index is 0.0448. The molecule has 0 bridgehead atoms. The fourth-order valence-corrected chi connectivity index (χ4v) is 3.56. The first-order chi connectivity index (χ1) is 11.2. The van der Waals surface area contributed by atoms with Crippen molar-refractivity contribution in [2.45, 2.75) is 39.3 Å². The highest BCUT2D eigenvalue weighted by Gasteiger charge is 2.31. The number of rotatable bonds is 3. The Morgan fingerprint density at radius 1 is 1.42 bits per heavy atom. The number of piperazine rings is 1. The molecule has 1 aromatic carbocycles. The third kappa shape index (κ3) is 3.44. The van der Waals surface area contributed by atoms with Gasteiger partial charge in [0.05, 0.1) is 22.9 Å². The van der Waals surface area contributed by atoms with Gasteiger partial charge in [-0.15, -0.1) is 0 Å². The molecule has 1 aliphatic heterocycles. The Labute approximate surface area is 142 Å². The molecular weight excluding hydrogens is 304 g/mol. The second-order valence-electron chi connectivity index (χ2n) is 7.54. The van der Waals surface area contributed by atoms with Crippen LogP contribution in [0.2, 0.25) is 0 Å². The third-order valence-corrected chi connectivity index (χ3v) is 4.51. The number of aryl methyl sites for hydroxylation is 1. The molecule has 2 aromatic rings. The lowest BCUT2D eigenvalue weighted by atomic mass is 10.0. The Bertz CT molecular complexity index is 747. The number of fused-ring (bicyclic) bond motifs is 1. The third-order valence-electron chi connectivity index (χ3n) is 4.51. The number of aromatic nitrogens is 2. The van der Waals surface area contributed by atoms with Gasteiger partial charge in [0.1, 0.15) is 0 Å². The second-order valence-corrected chi connectivity index (χ2v) is 7.54. The van der Waals surface area contributed by atoms with E-state index in [1.54, 1.807) is 6.20 Å². The molecule has 6 heteroatoms. The summed E-state index contributed by atoms with van der Waals surface area (Å²) < 4.78 is 0. The number of aliphatic hydroxyl groups is 1. The molecular formula is C18H26N4O2. The van der Waals surface area contributed by atoms with Crippen LogP contribution < -0.4 is 0 Å². The number of hydrogen-bond donors (Lipinski definition) is 2. The van der Waals surface area contributed by atoms with E-state index < -0.39 is 5.60 Å². The van der Waals surface area contributed by atoms with Gasteiger partial charge in [-0.3, -0.25) is 14.8 Å². The minimum atomic E-state index is -0.718. The smallest absolute Gasteiger partial charge is 0.256 e. The van der Waals surface area contributed by atoms with E-state index in [4.69, 9.17) is 0 Å². The largest absolute Gasteiger partial charge is 0.389 e. The Balaban J connectivity index is 1.79. The van der Waals surface area contributed by atoms with Crippen LogP contribution in [-0.2, 0) is 0 Å². The van der Waals surface area contributed by atoms with Crippen LogP contribution in [0.3, 0.4) is 0 Å². The number of aromatic amines is 1. The number of H-pyrrole nitrogens is 1. The van der Waals surface area contributed by atoms with Crippen LogP contribution in [0, 0.1) is 6.92 Å². The van der Waals surface area contributed by atoms with Gasteiger partial charge in [-0.05, 0) is 45.4 Å². The molecule has 130 valence electrons. The van der Waals surface area contributed by atoms with Crippen molar-refractivity contribution in [1.29, 1.82) is 0 Å². The molecule has 2 N–H and O–H groups in total. The normalized spacial score (nSPS) is 19.9. The first-order valence-electron chi connectivity index (χ1n) is 8.44. The van der Waals surface area contributed by atoms with E-state index in [0.29, 0.717) is 18.7 Å². The van der Waals surface area contributed by atoms with Crippen LogP contribution >= 0.6 is 0 Å². The molecule has 3 rings (SSSR count). The second kappa shape index (κ2) is 6.18. The van der Waals surface area contributed by atoms with Gasteiger partial charge < -0.3 is 10.0 Å². The predicted octanol–water partition coefficient (Wildman–Crippen LogP) is 1.79. The van der Waals surface area contributed by atoms with Gasteiger partial charge >= 0.3 is 0 Å². The SMILES string of the molecule is Cc1cc(C(=O)N2CCN(CC(C)(C)O)CC2C)c2[nH]ncc2c1. The van der Waals surface area contributed by atoms with Gasteiger partial charge in [-0.25, -0.2) is 0 Å². The van der Waals surface area contributed by atoms with Crippen LogP contribution in [0.5, 0.6) is 0 Å². The summed E-state index contributed by atoms with van der Waals surface area (Å²) in [5.74, 6) is 0.0448. The van der Waals surface area contributed by atoms with Crippen LogP contribution in [0.25, 0.3) is 10.9 Å². The molecule has 0 spiro atoms. The van der Waals surface area contributed by atoms with Crippen molar-refractivity contribution in [1.82, 2.24) is 20.0 Å². The minimum Gasteiger partial charge on any atom is -0.389 e. The van der Waals surface area contributed by atoms with Crippen molar-refractivity contribution in [2.24, 2.45) is 0 Å². The summed E-state index contributed by atoms with van der Waals surface area (Å²) in [5, 5.41) is 18.0. The van der Waals surface area contributed by atoms with Gasteiger partial charge in [0.2, 0.25) is 0 Å². The van der Waals surface area contributed by atoms with Crippen LogP contribution in [0.15, 0.2) is 18.3 Å². The number of hydrogen-bond acceptors (Lipinski definition) is 4. The molecule has 6 nitrogen and oxygen atoms in total. The van der Waals surface area contributed by atoms with Gasteiger partial charge in [-0.1, -0.05) is 0 Å². The average molecular weight is 330 g/mol. The number of nitrogens with one attached hydrogen (secondary N) is 1. The number of carbonyl (C=O) groups excluding carboxylic acids is 1. The van der Waals surface area contributed by atoms with Crippen molar-refractivity contribution in [3.63, 3.8) is 0 Å². The summed E-state index contributed by atoms with van der Waals surface area (Å²) >= 11 is 0. The molecule has 1 amide bonds. The van der Waals surface area contributed by atoms with E-state index in [0.717, 1.165) is 29.6 Å². The maximum atomic E-state index is 13.1. The molecule has 24 heavy (non-hydrogen) atoms. The number of β-amino-alcohol motifs (C(OH)–C–C–N with tert-alkyl or cyclic N) is 1. The highest BCUT2D eigenvalue weighted by atomic mass is 16.3. The van der Waals surface area contributed by atoms with E-state index in [-0.39, 0.29) is 11.9 Å². The molecule has 1 fully saturated rings. The zero-order chi connectivity index (χ0) is 17.5. The maximum absolute atomic E-state index is 13.1. The van der Waals surface area contributed by atoms with Crippen molar-refractivity contribution >= 4 is 16.8 Å². The quantitative estimate of drug-likeness (QED) is 0.900. The van der Waals surface area contributed by atoms with E-state index in [1.165, 1.54) is 0 Å². The lowest BCUT2D eigenvalue weighted by Gasteiger charge is -2.41. The number of carbonyl (C=O) groups is 1. The summed E-state index contributed by atoms with van der Waals surface area (Å²) in [4.78, 5) is 17.2. The van der Waals surface area contributed by atoms with E-state index in [2.05, 4.69) is 22.0 Å². The van der Waals surface area contributed by atoms with Crippen molar-refractivity contribution in [3.8, 4) is 0 Å². The predicted molar refractivity (Wildman–Crippen MR) is 94.1 cm³/mol.